The molecule has 1 amide bonds. The number of amides is 1. The first-order valence-electron chi connectivity index (χ1n) is 8.30. The number of ether oxygens (including phenoxy) is 1. The summed E-state index contributed by atoms with van der Waals surface area (Å²) in [6.45, 7) is 11.6. The summed E-state index contributed by atoms with van der Waals surface area (Å²) >= 11 is 0. The Bertz CT molecular complexity index is 358. The van der Waals surface area contributed by atoms with E-state index >= 15 is 0 Å². The molecule has 5 nitrogen and oxygen atoms in total. The molecule has 0 saturated heterocycles. The van der Waals surface area contributed by atoms with E-state index in [4.69, 9.17) is 4.74 Å². The van der Waals surface area contributed by atoms with Gasteiger partial charge in [0.2, 0.25) is 0 Å². The van der Waals surface area contributed by atoms with Gasteiger partial charge in [0, 0.05) is 6.54 Å². The fraction of sp³-hybridized carbons (Fsp3) is 0.882. The van der Waals surface area contributed by atoms with Crippen molar-refractivity contribution in [3.63, 3.8) is 0 Å². The standard InChI is InChI=1S/C17H33NO4/c1-7-10-17(14(19)20,11-13(8-2)9-3)12-18-15(21)22-16(4,5)6/h13H,7-12H2,1-6H3,(H,18,21)(H,19,20). The van der Waals surface area contributed by atoms with Crippen LogP contribution < -0.4 is 5.32 Å². The van der Waals surface area contributed by atoms with Gasteiger partial charge in [-0.05, 0) is 39.5 Å². The fourth-order valence-corrected chi connectivity index (χ4v) is 2.70. The van der Waals surface area contributed by atoms with Crippen molar-refractivity contribution in [3.05, 3.63) is 0 Å². The maximum absolute atomic E-state index is 11.9. The molecule has 1 unspecified atom stereocenters. The third-order valence-corrected chi connectivity index (χ3v) is 3.99. The van der Waals surface area contributed by atoms with Crippen molar-refractivity contribution in [2.45, 2.75) is 79.2 Å². The molecule has 5 heteroatoms. The molecule has 130 valence electrons. The van der Waals surface area contributed by atoms with Crippen LogP contribution in [0.5, 0.6) is 0 Å². The zero-order valence-corrected chi connectivity index (χ0v) is 15.0. The van der Waals surface area contributed by atoms with Crippen molar-refractivity contribution < 1.29 is 19.4 Å². The SMILES string of the molecule is CCCC(CNC(=O)OC(C)(C)C)(CC(CC)CC)C(=O)O. The Morgan fingerprint density at radius 1 is 1.14 bits per heavy atom. The maximum atomic E-state index is 11.9. The van der Waals surface area contributed by atoms with Crippen LogP contribution in [0.15, 0.2) is 0 Å². The van der Waals surface area contributed by atoms with Gasteiger partial charge >= 0.3 is 12.1 Å². The average molecular weight is 315 g/mol. The van der Waals surface area contributed by atoms with Crippen molar-refractivity contribution >= 4 is 12.1 Å². The number of rotatable bonds is 9. The zero-order valence-electron chi connectivity index (χ0n) is 15.0. The molecule has 0 aliphatic rings. The number of carbonyl (C=O) groups is 2. The number of carboxylic acids is 1. The first-order valence-corrected chi connectivity index (χ1v) is 8.30. The Balaban J connectivity index is 4.99. The lowest BCUT2D eigenvalue weighted by Crippen LogP contribution is -2.45. The lowest BCUT2D eigenvalue weighted by Gasteiger charge is -2.33. The number of aliphatic carboxylic acids is 1. The molecular formula is C17H33NO4. The zero-order chi connectivity index (χ0) is 17.4. The molecule has 0 aliphatic carbocycles. The second-order valence-corrected chi connectivity index (χ2v) is 7.08. The maximum Gasteiger partial charge on any atom is 0.407 e. The molecule has 1 atom stereocenters. The summed E-state index contributed by atoms with van der Waals surface area (Å²) in [6.07, 6.45) is 3.23. The van der Waals surface area contributed by atoms with Crippen LogP contribution in [0, 0.1) is 11.3 Å². The smallest absolute Gasteiger partial charge is 0.407 e. The Hall–Kier alpha value is -1.26. The van der Waals surface area contributed by atoms with Crippen molar-refractivity contribution in [3.8, 4) is 0 Å². The molecular weight excluding hydrogens is 282 g/mol. The van der Waals surface area contributed by atoms with Gasteiger partial charge in [-0.15, -0.1) is 0 Å². The first kappa shape index (κ1) is 20.7. The molecule has 2 N–H and O–H groups in total. The summed E-state index contributed by atoms with van der Waals surface area (Å²) in [6, 6.07) is 0. The molecule has 0 radical (unpaired) electrons. The lowest BCUT2D eigenvalue weighted by molar-refractivity contribution is -0.150. The normalized spacial score (nSPS) is 14.5. The van der Waals surface area contributed by atoms with Gasteiger partial charge in [0.1, 0.15) is 5.60 Å². The predicted molar refractivity (Wildman–Crippen MR) is 87.9 cm³/mol. The molecule has 0 aromatic carbocycles. The first-order chi connectivity index (χ1) is 10.1. The van der Waals surface area contributed by atoms with Gasteiger partial charge in [0.25, 0.3) is 0 Å². The van der Waals surface area contributed by atoms with Gasteiger partial charge in [-0.1, -0.05) is 40.0 Å². The molecule has 0 heterocycles. The summed E-state index contributed by atoms with van der Waals surface area (Å²) in [5, 5.41) is 12.4. The van der Waals surface area contributed by atoms with Crippen LogP contribution in [0.25, 0.3) is 0 Å². The van der Waals surface area contributed by atoms with Crippen molar-refractivity contribution in [2.24, 2.45) is 11.3 Å². The molecule has 0 spiro atoms. The van der Waals surface area contributed by atoms with Crippen LogP contribution >= 0.6 is 0 Å². The molecule has 0 fully saturated rings. The van der Waals surface area contributed by atoms with E-state index in [1.165, 1.54) is 0 Å². The van der Waals surface area contributed by atoms with E-state index in [-0.39, 0.29) is 6.54 Å². The van der Waals surface area contributed by atoms with E-state index in [2.05, 4.69) is 19.2 Å². The summed E-state index contributed by atoms with van der Waals surface area (Å²) in [7, 11) is 0. The lowest BCUT2D eigenvalue weighted by atomic mass is 9.74. The van der Waals surface area contributed by atoms with E-state index in [1.54, 1.807) is 20.8 Å². The topological polar surface area (TPSA) is 75.6 Å². The second-order valence-electron chi connectivity index (χ2n) is 7.08. The highest BCUT2D eigenvalue weighted by molar-refractivity contribution is 5.76. The Labute approximate surface area is 134 Å². The van der Waals surface area contributed by atoms with Crippen molar-refractivity contribution in [1.29, 1.82) is 0 Å². The monoisotopic (exact) mass is 315 g/mol. The van der Waals surface area contributed by atoms with E-state index in [0.717, 1.165) is 19.3 Å². The largest absolute Gasteiger partial charge is 0.481 e. The van der Waals surface area contributed by atoms with Gasteiger partial charge in [-0.25, -0.2) is 4.79 Å². The van der Waals surface area contributed by atoms with Crippen LogP contribution in [0.4, 0.5) is 4.79 Å². The van der Waals surface area contributed by atoms with Gasteiger partial charge in [-0.3, -0.25) is 4.79 Å². The van der Waals surface area contributed by atoms with Crippen LogP contribution in [-0.2, 0) is 9.53 Å². The van der Waals surface area contributed by atoms with Crippen LogP contribution in [-0.4, -0.2) is 29.3 Å². The van der Waals surface area contributed by atoms with E-state index in [1.807, 2.05) is 6.92 Å². The molecule has 0 aromatic rings. The summed E-state index contributed by atoms with van der Waals surface area (Å²) < 4.78 is 5.21. The number of nitrogens with one attached hydrogen (secondary N) is 1. The summed E-state index contributed by atoms with van der Waals surface area (Å²) in [4.78, 5) is 23.7. The van der Waals surface area contributed by atoms with Gasteiger partial charge < -0.3 is 15.2 Å². The predicted octanol–water partition coefficient (Wildman–Crippen LogP) is 4.21. The summed E-state index contributed by atoms with van der Waals surface area (Å²) in [5.41, 5.74) is -1.50. The minimum Gasteiger partial charge on any atom is -0.481 e. The molecule has 22 heavy (non-hydrogen) atoms. The number of carboxylic acid groups (broad SMARTS) is 1. The van der Waals surface area contributed by atoms with E-state index < -0.39 is 23.1 Å². The van der Waals surface area contributed by atoms with Crippen LogP contribution in [0.3, 0.4) is 0 Å². The van der Waals surface area contributed by atoms with Gasteiger partial charge in [0.05, 0.1) is 5.41 Å². The third-order valence-electron chi connectivity index (χ3n) is 3.99. The third kappa shape index (κ3) is 7.14. The number of alkyl carbamates (subject to hydrolysis) is 1. The Morgan fingerprint density at radius 3 is 2.05 bits per heavy atom. The number of hydrogen-bond donors (Lipinski definition) is 2. The highest BCUT2D eigenvalue weighted by Gasteiger charge is 2.39. The number of hydrogen-bond acceptors (Lipinski definition) is 3. The van der Waals surface area contributed by atoms with Gasteiger partial charge in [0.15, 0.2) is 0 Å². The van der Waals surface area contributed by atoms with Gasteiger partial charge in [-0.2, -0.15) is 0 Å². The van der Waals surface area contributed by atoms with Crippen molar-refractivity contribution in [2.75, 3.05) is 6.54 Å². The van der Waals surface area contributed by atoms with Crippen molar-refractivity contribution in [1.82, 2.24) is 5.32 Å². The molecule has 0 bridgehead atoms. The molecule has 0 aliphatic heterocycles. The molecule has 0 saturated carbocycles. The molecule has 0 aromatic heterocycles. The average Bonchev–Trinajstić information content (AvgIpc) is 2.39. The highest BCUT2D eigenvalue weighted by atomic mass is 16.6. The minimum absolute atomic E-state index is 0.113. The Morgan fingerprint density at radius 2 is 1.68 bits per heavy atom. The van der Waals surface area contributed by atoms with Crippen LogP contribution in [0.2, 0.25) is 0 Å². The molecule has 0 rings (SSSR count). The van der Waals surface area contributed by atoms with Crippen LogP contribution in [0.1, 0.15) is 73.6 Å². The number of carbonyl (C=O) groups excluding carboxylic acids is 1. The fourth-order valence-electron chi connectivity index (χ4n) is 2.70. The highest BCUT2D eigenvalue weighted by Crippen LogP contribution is 2.34. The quantitative estimate of drug-likeness (QED) is 0.668. The Kier molecular flexibility index (Phi) is 8.49. The van der Waals surface area contributed by atoms with E-state index in [0.29, 0.717) is 18.8 Å². The summed E-state index contributed by atoms with van der Waals surface area (Å²) in [5.74, 6) is -0.486. The minimum atomic E-state index is -0.914. The van der Waals surface area contributed by atoms with E-state index in [9.17, 15) is 14.7 Å². The second kappa shape index (κ2) is 9.01.